The molecule has 0 amide bonds. The van der Waals surface area contributed by atoms with Crippen LogP contribution in [0.25, 0.3) is 5.70 Å². The molecule has 0 radical (unpaired) electrons. The van der Waals surface area contributed by atoms with Gasteiger partial charge in [-0.2, -0.15) is 0 Å². The molecule has 0 fully saturated rings. The molecule has 0 aliphatic carbocycles. The normalized spacial score (nSPS) is 11.3. The Hall–Kier alpha value is -2.45. The standard InChI is InChI=1S/C20H29N3O4S.C2H6/c1-14(24)12-19(18-7-6-17(25-4)13-20(18)26-5)23(16(3)28)9-11-27-10-8-22-15(2)21;1-2/h6-7,12-13H,8-11H2,1-5H3,(H2,21,22);1-2H3/b19-12-;. The van der Waals surface area contributed by atoms with Crippen LogP contribution >= 0.6 is 12.2 Å². The summed E-state index contributed by atoms with van der Waals surface area (Å²) >= 11 is 5.42. The minimum Gasteiger partial charge on any atom is -0.497 e. The number of aliphatic imine (C=N–C) groups is 1. The predicted molar refractivity (Wildman–Crippen MR) is 128 cm³/mol. The van der Waals surface area contributed by atoms with Crippen molar-refractivity contribution in [2.24, 2.45) is 10.7 Å². The van der Waals surface area contributed by atoms with E-state index < -0.39 is 0 Å². The van der Waals surface area contributed by atoms with Crippen LogP contribution < -0.4 is 15.2 Å². The van der Waals surface area contributed by atoms with E-state index in [-0.39, 0.29) is 5.78 Å². The third kappa shape index (κ3) is 9.84. The Balaban J connectivity index is 0.00000407. The molecule has 0 aromatic heterocycles. The second kappa shape index (κ2) is 15.4. The Morgan fingerprint density at radius 2 is 1.83 bits per heavy atom. The number of nitrogens with two attached hydrogens (primary N) is 1. The lowest BCUT2D eigenvalue weighted by Gasteiger charge is -2.27. The van der Waals surface area contributed by atoms with Crippen LogP contribution in [-0.2, 0) is 9.53 Å². The molecule has 1 aromatic carbocycles. The quantitative estimate of drug-likeness (QED) is 0.186. The number of carbonyl (C=O) groups is 1. The smallest absolute Gasteiger partial charge is 0.154 e. The fourth-order valence-corrected chi connectivity index (χ4v) is 2.69. The third-order valence-corrected chi connectivity index (χ3v) is 3.97. The summed E-state index contributed by atoms with van der Waals surface area (Å²) in [6, 6.07) is 5.42. The minimum atomic E-state index is -0.0946. The number of hydrogen-bond donors (Lipinski definition) is 1. The Morgan fingerprint density at radius 1 is 1.17 bits per heavy atom. The zero-order valence-corrected chi connectivity index (χ0v) is 20.0. The SMILES string of the molecule is CC.COc1ccc(/C(=C/C(C)=O)N(CCOCCN=C(C)N)C(C)=S)c(OC)c1. The van der Waals surface area contributed by atoms with Crippen LogP contribution in [0, 0.1) is 0 Å². The number of carbonyl (C=O) groups excluding carboxylic acids is 1. The van der Waals surface area contributed by atoms with Gasteiger partial charge in [-0.25, -0.2) is 0 Å². The highest BCUT2D eigenvalue weighted by molar-refractivity contribution is 7.80. The van der Waals surface area contributed by atoms with E-state index in [0.717, 1.165) is 5.56 Å². The van der Waals surface area contributed by atoms with Crippen LogP contribution in [0.5, 0.6) is 11.5 Å². The largest absolute Gasteiger partial charge is 0.497 e. The maximum atomic E-state index is 11.9. The summed E-state index contributed by atoms with van der Waals surface area (Å²) in [5.74, 6) is 1.68. The fraction of sp³-hybridized carbons (Fsp3) is 0.500. The maximum Gasteiger partial charge on any atom is 0.154 e. The summed E-state index contributed by atoms with van der Waals surface area (Å²) in [6.45, 7) is 10.9. The third-order valence-electron chi connectivity index (χ3n) is 3.75. The number of ketones is 1. The molecule has 0 saturated carbocycles. The van der Waals surface area contributed by atoms with Gasteiger partial charge in [0.15, 0.2) is 5.78 Å². The molecule has 8 heteroatoms. The van der Waals surface area contributed by atoms with Crippen molar-refractivity contribution in [2.45, 2.75) is 34.6 Å². The minimum absolute atomic E-state index is 0.0946. The molecule has 2 N–H and O–H groups in total. The van der Waals surface area contributed by atoms with Crippen molar-refractivity contribution in [3.05, 3.63) is 29.8 Å². The molecule has 168 valence electrons. The van der Waals surface area contributed by atoms with Gasteiger partial charge in [-0.05, 0) is 32.9 Å². The van der Waals surface area contributed by atoms with Crippen LogP contribution in [0.15, 0.2) is 29.3 Å². The first-order valence-electron chi connectivity index (χ1n) is 9.87. The van der Waals surface area contributed by atoms with Gasteiger partial charge in [-0.15, -0.1) is 0 Å². The Kier molecular flexibility index (Phi) is 14.1. The Bertz CT molecular complexity index is 744. The van der Waals surface area contributed by atoms with E-state index in [2.05, 4.69) is 4.99 Å². The van der Waals surface area contributed by atoms with Gasteiger partial charge in [0.25, 0.3) is 0 Å². The van der Waals surface area contributed by atoms with Gasteiger partial charge >= 0.3 is 0 Å². The van der Waals surface area contributed by atoms with E-state index in [1.54, 1.807) is 40.2 Å². The Labute approximate surface area is 185 Å². The summed E-state index contributed by atoms with van der Waals surface area (Å²) in [5.41, 5.74) is 6.90. The second-order valence-corrected chi connectivity index (χ2v) is 6.60. The highest BCUT2D eigenvalue weighted by Crippen LogP contribution is 2.32. The van der Waals surface area contributed by atoms with E-state index in [9.17, 15) is 4.79 Å². The van der Waals surface area contributed by atoms with E-state index in [0.29, 0.717) is 54.3 Å². The lowest BCUT2D eigenvalue weighted by molar-refractivity contribution is -0.112. The first-order valence-corrected chi connectivity index (χ1v) is 10.3. The topological polar surface area (TPSA) is 86.4 Å². The molecular formula is C22H35N3O4S. The number of amidine groups is 1. The number of allylic oxidation sites excluding steroid dienone is 1. The van der Waals surface area contributed by atoms with Crippen molar-refractivity contribution in [1.82, 2.24) is 4.90 Å². The molecule has 0 aliphatic rings. The lowest BCUT2D eigenvalue weighted by Crippen LogP contribution is -2.30. The number of nitrogens with zero attached hydrogens (tertiary/aromatic N) is 2. The molecular weight excluding hydrogens is 402 g/mol. The summed E-state index contributed by atoms with van der Waals surface area (Å²) in [5, 5.41) is 0. The van der Waals surface area contributed by atoms with Gasteiger partial charge in [0.2, 0.25) is 0 Å². The molecule has 0 atom stereocenters. The van der Waals surface area contributed by atoms with Gasteiger partial charge in [0.05, 0.1) is 50.5 Å². The van der Waals surface area contributed by atoms with Crippen LogP contribution in [0.2, 0.25) is 0 Å². The van der Waals surface area contributed by atoms with Crippen LogP contribution in [0.4, 0.5) is 0 Å². The molecule has 0 spiro atoms. The molecule has 0 saturated heterocycles. The summed E-state index contributed by atoms with van der Waals surface area (Å²) in [6.07, 6.45) is 1.54. The average Bonchev–Trinajstić information content (AvgIpc) is 2.72. The van der Waals surface area contributed by atoms with Crippen molar-refractivity contribution in [2.75, 3.05) is 40.5 Å². The Morgan fingerprint density at radius 3 is 2.33 bits per heavy atom. The van der Waals surface area contributed by atoms with Crippen LogP contribution in [-0.4, -0.2) is 62.0 Å². The molecule has 0 heterocycles. The lowest BCUT2D eigenvalue weighted by atomic mass is 10.1. The number of rotatable bonds is 11. The molecule has 1 aromatic rings. The number of methoxy groups -OCH3 is 2. The number of thiocarbonyl (C=S) groups is 1. The van der Waals surface area contributed by atoms with Crippen molar-refractivity contribution in [1.29, 1.82) is 0 Å². The van der Waals surface area contributed by atoms with Gasteiger partial charge in [0, 0.05) is 24.3 Å². The highest BCUT2D eigenvalue weighted by Gasteiger charge is 2.19. The number of hydrogen-bond acceptors (Lipinski definition) is 6. The predicted octanol–water partition coefficient (Wildman–Crippen LogP) is 3.70. The fourth-order valence-electron chi connectivity index (χ4n) is 2.50. The van der Waals surface area contributed by atoms with Gasteiger partial charge < -0.3 is 24.8 Å². The van der Waals surface area contributed by atoms with Crippen LogP contribution in [0.3, 0.4) is 0 Å². The molecule has 0 unspecified atom stereocenters. The summed E-state index contributed by atoms with van der Waals surface area (Å²) in [7, 11) is 3.16. The van der Waals surface area contributed by atoms with Gasteiger partial charge in [-0.3, -0.25) is 9.79 Å². The zero-order valence-electron chi connectivity index (χ0n) is 19.2. The number of ether oxygens (including phenoxy) is 3. The molecule has 7 nitrogen and oxygen atoms in total. The highest BCUT2D eigenvalue weighted by atomic mass is 32.1. The van der Waals surface area contributed by atoms with E-state index in [4.69, 9.17) is 32.2 Å². The number of benzene rings is 1. The maximum absolute atomic E-state index is 11.9. The first-order chi connectivity index (χ1) is 14.3. The molecule has 0 aliphatic heterocycles. The second-order valence-electron chi connectivity index (χ2n) is 6.01. The van der Waals surface area contributed by atoms with Crippen molar-refractivity contribution >= 4 is 34.5 Å². The monoisotopic (exact) mass is 437 g/mol. The first kappa shape index (κ1) is 27.5. The average molecular weight is 438 g/mol. The van der Waals surface area contributed by atoms with Crippen LogP contribution in [0.1, 0.15) is 40.2 Å². The van der Waals surface area contributed by atoms with E-state index >= 15 is 0 Å². The zero-order chi connectivity index (χ0) is 23.1. The molecule has 1 rings (SSSR count). The van der Waals surface area contributed by atoms with Crippen molar-refractivity contribution < 1.29 is 19.0 Å². The van der Waals surface area contributed by atoms with Gasteiger partial charge in [-0.1, -0.05) is 26.1 Å². The van der Waals surface area contributed by atoms with E-state index in [1.165, 1.54) is 6.92 Å². The molecule has 0 bridgehead atoms. The van der Waals surface area contributed by atoms with Crippen molar-refractivity contribution in [3.63, 3.8) is 0 Å². The summed E-state index contributed by atoms with van der Waals surface area (Å²) in [4.78, 5) is 18.4. The molecule has 30 heavy (non-hydrogen) atoms. The van der Waals surface area contributed by atoms with Crippen molar-refractivity contribution in [3.8, 4) is 11.5 Å². The van der Waals surface area contributed by atoms with Gasteiger partial charge in [0.1, 0.15) is 11.5 Å². The summed E-state index contributed by atoms with van der Waals surface area (Å²) < 4.78 is 16.4. The van der Waals surface area contributed by atoms with E-state index in [1.807, 2.05) is 30.9 Å².